The first-order chi connectivity index (χ1) is 6.77. The van der Waals surface area contributed by atoms with E-state index in [-0.39, 0.29) is 5.97 Å². The number of hydrogen-bond donors (Lipinski definition) is 0. The fourth-order valence-electron chi connectivity index (χ4n) is 0.859. The van der Waals surface area contributed by atoms with Gasteiger partial charge in [0.25, 0.3) is 0 Å². The van der Waals surface area contributed by atoms with Crippen LogP contribution in [0.5, 0.6) is 0 Å². The Bertz CT molecular complexity index is 331. The van der Waals surface area contributed by atoms with E-state index in [4.69, 9.17) is 4.74 Å². The maximum Gasteiger partial charge on any atom is 0.350 e. The molecule has 4 heteroatoms. The third-order valence-electron chi connectivity index (χ3n) is 1.60. The van der Waals surface area contributed by atoms with Gasteiger partial charge in [0.1, 0.15) is 11.5 Å². The molecule has 0 saturated carbocycles. The van der Waals surface area contributed by atoms with Crippen LogP contribution in [0.15, 0.2) is 18.3 Å². The number of aryl methyl sites for hydroxylation is 1. The molecule has 0 aromatic carbocycles. The summed E-state index contributed by atoms with van der Waals surface area (Å²) in [4.78, 5) is 16.0. The van der Waals surface area contributed by atoms with E-state index in [0.717, 1.165) is 11.4 Å². The Morgan fingerprint density at radius 1 is 1.71 bits per heavy atom. The van der Waals surface area contributed by atoms with Gasteiger partial charge < -0.3 is 4.74 Å². The second-order valence-corrected chi connectivity index (χ2v) is 3.75. The lowest BCUT2D eigenvalue weighted by Gasteiger charge is -1.96. The van der Waals surface area contributed by atoms with Crippen LogP contribution in [-0.2, 0) is 11.2 Å². The number of hydrogen-bond acceptors (Lipinski definition) is 4. The van der Waals surface area contributed by atoms with Crippen LogP contribution in [0.1, 0.15) is 28.5 Å². The Hall–Kier alpha value is -1.16. The Labute approximate surface area is 87.4 Å². The average molecular weight is 211 g/mol. The minimum atomic E-state index is -0.291. The lowest BCUT2D eigenvalue weighted by molar-refractivity contribution is 0.0555. The highest BCUT2D eigenvalue weighted by molar-refractivity contribution is 7.13. The Morgan fingerprint density at radius 2 is 2.50 bits per heavy atom. The summed E-state index contributed by atoms with van der Waals surface area (Å²) in [6.45, 7) is 4.22. The first-order valence-corrected chi connectivity index (χ1v) is 5.32. The molecule has 14 heavy (non-hydrogen) atoms. The molecule has 0 N–H and O–H groups in total. The molecule has 76 valence electrons. The molecule has 0 aliphatic carbocycles. The molecule has 0 fully saturated rings. The van der Waals surface area contributed by atoms with E-state index in [1.165, 1.54) is 11.3 Å². The van der Waals surface area contributed by atoms with Gasteiger partial charge in [-0.15, -0.1) is 11.3 Å². The minimum absolute atomic E-state index is 0.291. The zero-order valence-electron chi connectivity index (χ0n) is 8.32. The summed E-state index contributed by atoms with van der Waals surface area (Å²) in [5.41, 5.74) is 0. The van der Waals surface area contributed by atoms with Gasteiger partial charge in [-0.3, -0.25) is 0 Å². The summed E-state index contributed by atoms with van der Waals surface area (Å²) < 4.78 is 4.97. The van der Waals surface area contributed by atoms with Crippen LogP contribution in [-0.4, -0.2) is 17.6 Å². The van der Waals surface area contributed by atoms with Crippen LogP contribution in [0.3, 0.4) is 0 Å². The van der Waals surface area contributed by atoms with Crippen molar-refractivity contribution in [3.63, 3.8) is 0 Å². The molecule has 1 heterocycles. The first-order valence-electron chi connectivity index (χ1n) is 4.51. The van der Waals surface area contributed by atoms with Crippen molar-refractivity contribution in [3.8, 4) is 0 Å². The van der Waals surface area contributed by atoms with E-state index in [0.29, 0.717) is 11.5 Å². The standard InChI is InChI=1S/C10H13NO2S/c1-3-5-6-13-10(12)8-7-11-9(4-2)14-8/h3,5,7H,4,6H2,1-2H3. The van der Waals surface area contributed by atoms with Gasteiger partial charge in [0.05, 0.1) is 11.2 Å². The van der Waals surface area contributed by atoms with Crippen molar-refractivity contribution in [2.24, 2.45) is 0 Å². The summed E-state index contributed by atoms with van der Waals surface area (Å²) in [7, 11) is 0. The zero-order valence-corrected chi connectivity index (χ0v) is 9.13. The fraction of sp³-hybridized carbons (Fsp3) is 0.400. The summed E-state index contributed by atoms with van der Waals surface area (Å²) in [5.74, 6) is -0.291. The highest BCUT2D eigenvalue weighted by atomic mass is 32.1. The van der Waals surface area contributed by atoms with Gasteiger partial charge in [-0.05, 0) is 13.3 Å². The lowest BCUT2D eigenvalue weighted by Crippen LogP contribution is -2.02. The van der Waals surface area contributed by atoms with Crippen molar-refractivity contribution in [3.05, 3.63) is 28.2 Å². The van der Waals surface area contributed by atoms with E-state index in [1.54, 1.807) is 12.3 Å². The molecule has 0 unspecified atom stereocenters. The molecule has 1 rings (SSSR count). The molecule has 0 atom stereocenters. The van der Waals surface area contributed by atoms with Crippen molar-refractivity contribution < 1.29 is 9.53 Å². The van der Waals surface area contributed by atoms with Gasteiger partial charge in [0.15, 0.2) is 0 Å². The number of allylic oxidation sites excluding steroid dienone is 1. The highest BCUT2D eigenvalue weighted by Gasteiger charge is 2.09. The van der Waals surface area contributed by atoms with E-state index in [1.807, 2.05) is 19.9 Å². The molecule has 0 aliphatic heterocycles. The molecule has 0 amide bonds. The number of nitrogens with zero attached hydrogens (tertiary/aromatic N) is 1. The fourth-order valence-corrected chi connectivity index (χ4v) is 1.61. The molecule has 3 nitrogen and oxygen atoms in total. The smallest absolute Gasteiger partial charge is 0.350 e. The van der Waals surface area contributed by atoms with Crippen molar-refractivity contribution in [2.45, 2.75) is 20.3 Å². The van der Waals surface area contributed by atoms with Gasteiger partial charge in [0.2, 0.25) is 0 Å². The predicted octanol–water partition coefficient (Wildman–Crippen LogP) is 2.44. The minimum Gasteiger partial charge on any atom is -0.457 e. The molecule has 0 spiro atoms. The average Bonchev–Trinajstić information content (AvgIpc) is 2.66. The molecule has 1 aromatic rings. The van der Waals surface area contributed by atoms with Crippen molar-refractivity contribution >= 4 is 17.3 Å². The van der Waals surface area contributed by atoms with Gasteiger partial charge in [-0.1, -0.05) is 19.1 Å². The topological polar surface area (TPSA) is 39.2 Å². The number of aromatic nitrogens is 1. The zero-order chi connectivity index (χ0) is 10.4. The molecule has 0 saturated heterocycles. The second kappa shape index (κ2) is 5.54. The maximum atomic E-state index is 11.4. The van der Waals surface area contributed by atoms with Gasteiger partial charge in [0, 0.05) is 0 Å². The number of rotatable bonds is 4. The van der Waals surface area contributed by atoms with E-state index >= 15 is 0 Å². The normalized spacial score (nSPS) is 10.7. The SMILES string of the molecule is CC=CCOC(=O)c1cnc(CC)s1. The van der Waals surface area contributed by atoms with E-state index < -0.39 is 0 Å². The monoisotopic (exact) mass is 211 g/mol. The van der Waals surface area contributed by atoms with Crippen LogP contribution in [0.4, 0.5) is 0 Å². The Morgan fingerprint density at radius 3 is 3.07 bits per heavy atom. The summed E-state index contributed by atoms with van der Waals surface area (Å²) in [6.07, 6.45) is 6.06. The van der Waals surface area contributed by atoms with Gasteiger partial charge >= 0.3 is 5.97 Å². The number of carbonyl (C=O) groups is 1. The van der Waals surface area contributed by atoms with E-state index in [9.17, 15) is 4.79 Å². The third kappa shape index (κ3) is 2.96. The van der Waals surface area contributed by atoms with Crippen molar-refractivity contribution in [1.29, 1.82) is 0 Å². The lowest BCUT2D eigenvalue weighted by atomic mass is 10.5. The Kier molecular flexibility index (Phi) is 4.32. The van der Waals surface area contributed by atoms with Gasteiger partial charge in [-0.25, -0.2) is 9.78 Å². The molecule has 0 aliphatic rings. The summed E-state index contributed by atoms with van der Waals surface area (Å²) >= 11 is 1.39. The molecular weight excluding hydrogens is 198 g/mol. The van der Waals surface area contributed by atoms with E-state index in [2.05, 4.69) is 4.98 Å². The third-order valence-corrected chi connectivity index (χ3v) is 2.73. The van der Waals surface area contributed by atoms with Crippen molar-refractivity contribution in [1.82, 2.24) is 4.98 Å². The highest BCUT2D eigenvalue weighted by Crippen LogP contribution is 2.14. The molecular formula is C10H13NO2S. The Balaban J connectivity index is 2.51. The largest absolute Gasteiger partial charge is 0.457 e. The number of esters is 1. The summed E-state index contributed by atoms with van der Waals surface area (Å²) in [6, 6.07) is 0. The number of ether oxygens (including phenoxy) is 1. The van der Waals surface area contributed by atoms with Crippen LogP contribution in [0.25, 0.3) is 0 Å². The molecule has 0 radical (unpaired) electrons. The van der Waals surface area contributed by atoms with Crippen LogP contribution >= 0.6 is 11.3 Å². The number of thiazole rings is 1. The van der Waals surface area contributed by atoms with Crippen LogP contribution in [0.2, 0.25) is 0 Å². The quantitative estimate of drug-likeness (QED) is 0.567. The summed E-state index contributed by atoms with van der Waals surface area (Å²) in [5, 5.41) is 0.961. The number of carbonyl (C=O) groups excluding carboxylic acids is 1. The molecule has 0 bridgehead atoms. The second-order valence-electron chi connectivity index (χ2n) is 2.64. The van der Waals surface area contributed by atoms with Crippen LogP contribution < -0.4 is 0 Å². The van der Waals surface area contributed by atoms with Crippen LogP contribution in [0, 0.1) is 0 Å². The molecule has 1 aromatic heterocycles. The first kappa shape index (κ1) is 10.9. The predicted molar refractivity (Wildman–Crippen MR) is 56.6 cm³/mol. The van der Waals surface area contributed by atoms with Crippen molar-refractivity contribution in [2.75, 3.05) is 6.61 Å². The maximum absolute atomic E-state index is 11.4. The van der Waals surface area contributed by atoms with Gasteiger partial charge in [-0.2, -0.15) is 0 Å².